The van der Waals surface area contributed by atoms with Gasteiger partial charge in [-0.15, -0.1) is 0 Å². The number of hydrogen-bond acceptors (Lipinski definition) is 3. The molecule has 5 nitrogen and oxygen atoms in total. The Hall–Kier alpha value is -1.63. The van der Waals surface area contributed by atoms with Crippen molar-refractivity contribution < 1.29 is 9.18 Å². The van der Waals surface area contributed by atoms with E-state index in [0.29, 0.717) is 22.1 Å². The van der Waals surface area contributed by atoms with Crippen molar-refractivity contribution in [2.24, 2.45) is 0 Å². The number of benzene rings is 1. The van der Waals surface area contributed by atoms with Crippen molar-refractivity contribution in [3.63, 3.8) is 0 Å². The fraction of sp³-hybridized carbons (Fsp3) is 0.385. The predicted octanol–water partition coefficient (Wildman–Crippen LogP) is 2.61. The molecule has 0 aliphatic carbocycles. The third-order valence-corrected chi connectivity index (χ3v) is 3.68. The molecular weight excluding hydrogens is 327 g/mol. The Morgan fingerprint density at radius 1 is 1.60 bits per heavy atom. The van der Waals surface area contributed by atoms with Crippen LogP contribution in [0.1, 0.15) is 26.3 Å². The average molecular weight is 343 g/mol. The number of fused-ring (bicyclic) bond motifs is 1. The molecule has 1 amide bonds. The summed E-state index contributed by atoms with van der Waals surface area (Å²) >= 11 is 3.13. The molecule has 2 rings (SSSR count). The molecular formula is C13H16BrFN4O. The molecule has 0 saturated carbocycles. The van der Waals surface area contributed by atoms with Crippen LogP contribution >= 0.6 is 15.9 Å². The number of rotatable bonds is 4. The first-order valence-electron chi connectivity index (χ1n) is 6.35. The van der Waals surface area contributed by atoms with Crippen LogP contribution in [-0.4, -0.2) is 22.0 Å². The lowest BCUT2D eigenvalue weighted by Crippen LogP contribution is -2.31. The molecule has 1 heterocycles. The zero-order chi connectivity index (χ0) is 14.9. The summed E-state index contributed by atoms with van der Waals surface area (Å²) < 4.78 is 15.4. The Kier molecular flexibility index (Phi) is 4.27. The van der Waals surface area contributed by atoms with Crippen LogP contribution in [0.4, 0.5) is 10.3 Å². The van der Waals surface area contributed by atoms with Crippen LogP contribution in [0.15, 0.2) is 16.6 Å². The van der Waals surface area contributed by atoms with Gasteiger partial charge in [0.1, 0.15) is 11.9 Å². The fourth-order valence-electron chi connectivity index (χ4n) is 2.03. The third kappa shape index (κ3) is 2.63. The topological polar surface area (TPSA) is 72.9 Å². The highest BCUT2D eigenvalue weighted by Crippen LogP contribution is 2.27. The van der Waals surface area contributed by atoms with Gasteiger partial charge in [0, 0.05) is 12.6 Å². The van der Waals surface area contributed by atoms with E-state index in [0.717, 1.165) is 6.42 Å². The Morgan fingerprint density at radius 2 is 2.30 bits per heavy atom. The zero-order valence-corrected chi connectivity index (χ0v) is 12.9. The SMILES string of the molecule is CCCNC(=O)C(C)n1c(N)nc2cc(F)c(Br)cc21. The number of imidazole rings is 1. The quantitative estimate of drug-likeness (QED) is 0.896. The van der Waals surface area contributed by atoms with E-state index in [1.165, 1.54) is 6.07 Å². The monoisotopic (exact) mass is 342 g/mol. The molecule has 1 atom stereocenters. The van der Waals surface area contributed by atoms with Crippen molar-refractivity contribution in [1.29, 1.82) is 0 Å². The first-order chi connectivity index (χ1) is 9.45. The van der Waals surface area contributed by atoms with Gasteiger partial charge in [0.15, 0.2) is 0 Å². The summed E-state index contributed by atoms with van der Waals surface area (Å²) in [6.45, 7) is 4.32. The number of halogens is 2. The van der Waals surface area contributed by atoms with Crippen molar-refractivity contribution in [3.8, 4) is 0 Å². The molecule has 0 saturated heterocycles. The molecule has 2 aromatic rings. The Morgan fingerprint density at radius 3 is 2.95 bits per heavy atom. The summed E-state index contributed by atoms with van der Waals surface area (Å²) in [6.07, 6.45) is 0.857. The van der Waals surface area contributed by atoms with Gasteiger partial charge in [-0.2, -0.15) is 0 Å². The van der Waals surface area contributed by atoms with Crippen molar-refractivity contribution >= 4 is 38.8 Å². The second kappa shape index (κ2) is 5.78. The van der Waals surface area contributed by atoms with Gasteiger partial charge in [-0.25, -0.2) is 9.37 Å². The van der Waals surface area contributed by atoms with E-state index in [9.17, 15) is 9.18 Å². The standard InChI is InChI=1S/C13H16BrFN4O/c1-3-4-17-12(20)7(2)19-11-5-8(14)9(15)6-10(11)18-13(19)16/h5-7H,3-4H2,1-2H3,(H2,16,18)(H,17,20). The highest BCUT2D eigenvalue weighted by atomic mass is 79.9. The minimum Gasteiger partial charge on any atom is -0.369 e. The van der Waals surface area contributed by atoms with E-state index in [-0.39, 0.29) is 11.9 Å². The van der Waals surface area contributed by atoms with Gasteiger partial charge in [-0.1, -0.05) is 6.92 Å². The number of nitrogens with one attached hydrogen (secondary N) is 1. The molecule has 0 bridgehead atoms. The molecule has 7 heteroatoms. The number of anilines is 1. The molecule has 0 spiro atoms. The number of nitrogens with two attached hydrogens (primary N) is 1. The van der Waals surface area contributed by atoms with Gasteiger partial charge in [0.25, 0.3) is 0 Å². The van der Waals surface area contributed by atoms with E-state index in [2.05, 4.69) is 26.2 Å². The molecule has 1 aromatic heterocycles. The molecule has 0 aliphatic heterocycles. The maximum Gasteiger partial charge on any atom is 0.242 e. The van der Waals surface area contributed by atoms with E-state index in [1.807, 2.05) is 6.92 Å². The van der Waals surface area contributed by atoms with E-state index in [1.54, 1.807) is 17.6 Å². The number of carbonyl (C=O) groups is 1. The first kappa shape index (κ1) is 14.8. The Bertz CT molecular complexity index is 655. The molecule has 3 N–H and O–H groups in total. The third-order valence-electron chi connectivity index (χ3n) is 3.07. The van der Waals surface area contributed by atoms with Crippen molar-refractivity contribution in [1.82, 2.24) is 14.9 Å². The van der Waals surface area contributed by atoms with Crippen LogP contribution in [0.25, 0.3) is 11.0 Å². The molecule has 20 heavy (non-hydrogen) atoms. The van der Waals surface area contributed by atoms with E-state index < -0.39 is 11.9 Å². The average Bonchev–Trinajstić information content (AvgIpc) is 2.71. The molecule has 0 radical (unpaired) electrons. The second-order valence-electron chi connectivity index (χ2n) is 4.56. The lowest BCUT2D eigenvalue weighted by atomic mass is 10.2. The summed E-state index contributed by atoms with van der Waals surface area (Å²) in [6, 6.07) is 2.37. The minimum absolute atomic E-state index is 0.140. The van der Waals surface area contributed by atoms with Gasteiger partial charge >= 0.3 is 0 Å². The van der Waals surface area contributed by atoms with Gasteiger partial charge in [-0.05, 0) is 35.3 Å². The van der Waals surface area contributed by atoms with Crippen molar-refractivity contribution in [2.45, 2.75) is 26.3 Å². The van der Waals surface area contributed by atoms with Crippen LogP contribution in [0.3, 0.4) is 0 Å². The Labute approximate surface area is 124 Å². The molecule has 0 fully saturated rings. The van der Waals surface area contributed by atoms with Crippen LogP contribution in [0.5, 0.6) is 0 Å². The number of hydrogen-bond donors (Lipinski definition) is 2. The predicted molar refractivity (Wildman–Crippen MR) is 79.8 cm³/mol. The van der Waals surface area contributed by atoms with Crippen LogP contribution in [0.2, 0.25) is 0 Å². The number of nitrogen functional groups attached to an aromatic ring is 1. The highest BCUT2D eigenvalue weighted by molar-refractivity contribution is 9.10. The largest absolute Gasteiger partial charge is 0.369 e. The normalized spacial score (nSPS) is 12.6. The van der Waals surface area contributed by atoms with Crippen molar-refractivity contribution in [2.75, 3.05) is 12.3 Å². The second-order valence-corrected chi connectivity index (χ2v) is 5.42. The summed E-state index contributed by atoms with van der Waals surface area (Å²) in [5, 5.41) is 2.81. The molecule has 0 aliphatic rings. The molecule has 1 aromatic carbocycles. The van der Waals surface area contributed by atoms with Crippen LogP contribution in [-0.2, 0) is 4.79 Å². The molecule has 108 valence electrons. The highest BCUT2D eigenvalue weighted by Gasteiger charge is 2.21. The maximum atomic E-state index is 13.5. The van der Waals surface area contributed by atoms with Crippen LogP contribution < -0.4 is 11.1 Å². The number of carbonyl (C=O) groups excluding carboxylic acids is 1. The zero-order valence-electron chi connectivity index (χ0n) is 11.3. The van der Waals surface area contributed by atoms with E-state index in [4.69, 9.17) is 5.73 Å². The van der Waals surface area contributed by atoms with Gasteiger partial charge in [-0.3, -0.25) is 9.36 Å². The smallest absolute Gasteiger partial charge is 0.242 e. The number of nitrogens with zero attached hydrogens (tertiary/aromatic N) is 2. The lowest BCUT2D eigenvalue weighted by Gasteiger charge is -2.15. The number of amides is 1. The Balaban J connectivity index is 2.45. The summed E-state index contributed by atoms with van der Waals surface area (Å²) in [4.78, 5) is 16.1. The summed E-state index contributed by atoms with van der Waals surface area (Å²) in [5.41, 5.74) is 6.90. The minimum atomic E-state index is -0.510. The van der Waals surface area contributed by atoms with Gasteiger partial charge in [0.2, 0.25) is 11.9 Å². The maximum absolute atomic E-state index is 13.5. The summed E-state index contributed by atoms with van der Waals surface area (Å²) in [5.74, 6) is -0.361. The fourth-order valence-corrected chi connectivity index (χ4v) is 2.36. The van der Waals surface area contributed by atoms with Crippen LogP contribution in [0, 0.1) is 5.82 Å². The molecule has 1 unspecified atom stereocenters. The lowest BCUT2D eigenvalue weighted by molar-refractivity contribution is -0.123. The van der Waals surface area contributed by atoms with Gasteiger partial charge < -0.3 is 11.1 Å². The van der Waals surface area contributed by atoms with E-state index >= 15 is 0 Å². The summed E-state index contributed by atoms with van der Waals surface area (Å²) in [7, 11) is 0. The number of aromatic nitrogens is 2. The first-order valence-corrected chi connectivity index (χ1v) is 7.15. The van der Waals surface area contributed by atoms with Gasteiger partial charge in [0.05, 0.1) is 15.5 Å². The van der Waals surface area contributed by atoms with Crippen molar-refractivity contribution in [3.05, 3.63) is 22.4 Å².